The van der Waals surface area contributed by atoms with Gasteiger partial charge in [0.2, 0.25) is 0 Å². The fourth-order valence-electron chi connectivity index (χ4n) is 1.10. The van der Waals surface area contributed by atoms with Crippen LogP contribution in [0.2, 0.25) is 5.15 Å². The molecule has 1 heterocycles. The SMILES string of the molecule is [N-]=[N+]=NCCC=Cc1cnc(Cl)c(C(=O)O)c1. The van der Waals surface area contributed by atoms with Gasteiger partial charge in [0, 0.05) is 17.7 Å². The van der Waals surface area contributed by atoms with Crippen LogP contribution in [0.1, 0.15) is 22.3 Å². The monoisotopic (exact) mass is 252 g/mol. The zero-order chi connectivity index (χ0) is 12.7. The van der Waals surface area contributed by atoms with E-state index in [-0.39, 0.29) is 10.7 Å². The number of hydrogen-bond donors (Lipinski definition) is 1. The van der Waals surface area contributed by atoms with Gasteiger partial charge in [-0.15, -0.1) is 0 Å². The summed E-state index contributed by atoms with van der Waals surface area (Å²) in [6, 6.07) is 1.43. The molecule has 0 unspecified atom stereocenters. The van der Waals surface area contributed by atoms with Gasteiger partial charge in [0.25, 0.3) is 0 Å². The summed E-state index contributed by atoms with van der Waals surface area (Å²) in [4.78, 5) is 17.2. The second-order valence-corrected chi connectivity index (χ2v) is 3.42. The van der Waals surface area contributed by atoms with Crippen molar-refractivity contribution in [3.63, 3.8) is 0 Å². The summed E-state index contributed by atoms with van der Waals surface area (Å²) in [6.45, 7) is 0.361. The van der Waals surface area contributed by atoms with Gasteiger partial charge in [-0.2, -0.15) is 0 Å². The number of halogens is 1. The van der Waals surface area contributed by atoms with Gasteiger partial charge in [-0.1, -0.05) is 28.9 Å². The molecule has 0 aliphatic heterocycles. The zero-order valence-corrected chi connectivity index (χ0v) is 9.50. The van der Waals surface area contributed by atoms with Crippen molar-refractivity contribution >= 4 is 23.6 Å². The highest BCUT2D eigenvalue weighted by atomic mass is 35.5. The minimum Gasteiger partial charge on any atom is -0.478 e. The van der Waals surface area contributed by atoms with E-state index in [1.54, 1.807) is 12.2 Å². The molecule has 17 heavy (non-hydrogen) atoms. The number of hydrogen-bond acceptors (Lipinski definition) is 3. The smallest absolute Gasteiger partial charge is 0.338 e. The molecular weight excluding hydrogens is 244 g/mol. The lowest BCUT2D eigenvalue weighted by Gasteiger charge is -1.99. The highest BCUT2D eigenvalue weighted by Gasteiger charge is 2.09. The predicted molar refractivity (Wildman–Crippen MR) is 63.9 cm³/mol. The van der Waals surface area contributed by atoms with Crippen molar-refractivity contribution in [2.24, 2.45) is 5.11 Å². The average Bonchev–Trinajstić information content (AvgIpc) is 2.30. The van der Waals surface area contributed by atoms with E-state index in [0.29, 0.717) is 18.5 Å². The van der Waals surface area contributed by atoms with Crippen molar-refractivity contribution in [3.05, 3.63) is 45.1 Å². The maximum atomic E-state index is 10.8. The second-order valence-electron chi connectivity index (χ2n) is 3.06. The molecule has 1 N–H and O–H groups in total. The van der Waals surface area contributed by atoms with E-state index in [9.17, 15) is 4.79 Å². The van der Waals surface area contributed by atoms with Crippen LogP contribution < -0.4 is 0 Å². The molecule has 0 amide bonds. The van der Waals surface area contributed by atoms with Crippen molar-refractivity contribution in [1.29, 1.82) is 0 Å². The average molecular weight is 253 g/mol. The highest BCUT2D eigenvalue weighted by molar-refractivity contribution is 6.32. The van der Waals surface area contributed by atoms with E-state index in [0.717, 1.165) is 0 Å². The molecule has 88 valence electrons. The van der Waals surface area contributed by atoms with E-state index >= 15 is 0 Å². The first kappa shape index (κ1) is 13.0. The molecule has 7 heteroatoms. The lowest BCUT2D eigenvalue weighted by molar-refractivity contribution is 0.0696. The Labute approximate surface area is 102 Å². The molecule has 0 aliphatic rings. The Morgan fingerprint density at radius 3 is 3.12 bits per heavy atom. The molecule has 0 radical (unpaired) electrons. The Kier molecular flexibility index (Phi) is 5.00. The Bertz CT molecular complexity index is 495. The van der Waals surface area contributed by atoms with Crippen molar-refractivity contribution in [1.82, 2.24) is 4.98 Å². The Morgan fingerprint density at radius 1 is 1.71 bits per heavy atom. The van der Waals surface area contributed by atoms with Crippen LogP contribution >= 0.6 is 11.6 Å². The van der Waals surface area contributed by atoms with E-state index in [1.165, 1.54) is 12.3 Å². The number of carbonyl (C=O) groups is 1. The number of aromatic carboxylic acids is 1. The second kappa shape index (κ2) is 6.52. The molecule has 0 atom stereocenters. The summed E-state index contributed by atoms with van der Waals surface area (Å²) < 4.78 is 0. The van der Waals surface area contributed by atoms with Gasteiger partial charge in [0.1, 0.15) is 5.15 Å². The van der Waals surface area contributed by atoms with Gasteiger partial charge in [-0.05, 0) is 23.6 Å². The molecule has 0 aromatic carbocycles. The van der Waals surface area contributed by atoms with Crippen molar-refractivity contribution < 1.29 is 9.90 Å². The third-order valence-corrected chi connectivity index (χ3v) is 2.16. The topological polar surface area (TPSA) is 99.0 Å². The van der Waals surface area contributed by atoms with Crippen LogP contribution in [0.4, 0.5) is 0 Å². The zero-order valence-electron chi connectivity index (χ0n) is 8.75. The lowest BCUT2D eigenvalue weighted by atomic mass is 10.2. The van der Waals surface area contributed by atoms with Crippen LogP contribution in [0.25, 0.3) is 16.5 Å². The Morgan fingerprint density at radius 2 is 2.47 bits per heavy atom. The number of azide groups is 1. The standard InChI is InChI=1S/C10H9ClN4O2/c11-9-8(10(16)17)5-7(6-13-9)3-1-2-4-14-15-12/h1,3,5-6H,2,4H2,(H,16,17). The first-order valence-electron chi connectivity index (χ1n) is 4.71. The number of carboxylic acid groups (broad SMARTS) is 1. The van der Waals surface area contributed by atoms with E-state index in [4.69, 9.17) is 22.2 Å². The van der Waals surface area contributed by atoms with Crippen LogP contribution in [0.5, 0.6) is 0 Å². The lowest BCUT2D eigenvalue weighted by Crippen LogP contribution is -1.99. The summed E-state index contributed by atoms with van der Waals surface area (Å²) in [7, 11) is 0. The highest BCUT2D eigenvalue weighted by Crippen LogP contribution is 2.15. The van der Waals surface area contributed by atoms with Gasteiger partial charge in [0.15, 0.2) is 0 Å². The van der Waals surface area contributed by atoms with Crippen LogP contribution in [0, 0.1) is 0 Å². The maximum Gasteiger partial charge on any atom is 0.338 e. The van der Waals surface area contributed by atoms with Gasteiger partial charge in [-0.25, -0.2) is 9.78 Å². The van der Waals surface area contributed by atoms with Crippen molar-refractivity contribution in [2.75, 3.05) is 6.54 Å². The third kappa shape index (κ3) is 4.14. The first-order chi connectivity index (χ1) is 8.15. The number of pyridine rings is 1. The summed E-state index contributed by atoms with van der Waals surface area (Å²) in [6.07, 6.45) is 5.52. The molecule has 0 spiro atoms. The van der Waals surface area contributed by atoms with Crippen LogP contribution in [-0.4, -0.2) is 22.6 Å². The maximum absolute atomic E-state index is 10.8. The molecule has 6 nitrogen and oxygen atoms in total. The molecular formula is C10H9ClN4O2. The van der Waals surface area contributed by atoms with E-state index in [1.807, 2.05) is 0 Å². The van der Waals surface area contributed by atoms with E-state index in [2.05, 4.69) is 15.0 Å². The summed E-state index contributed by atoms with van der Waals surface area (Å²) in [5.74, 6) is -1.12. The van der Waals surface area contributed by atoms with Crippen LogP contribution in [-0.2, 0) is 0 Å². The normalized spacial score (nSPS) is 10.2. The Balaban J connectivity index is 2.75. The van der Waals surface area contributed by atoms with Crippen LogP contribution in [0.3, 0.4) is 0 Å². The number of nitrogens with zero attached hydrogens (tertiary/aromatic N) is 4. The fourth-order valence-corrected chi connectivity index (χ4v) is 1.29. The predicted octanol–water partition coefficient (Wildman–Crippen LogP) is 3.15. The Hall–Kier alpha value is -2.04. The summed E-state index contributed by atoms with van der Waals surface area (Å²) in [5.41, 5.74) is 8.65. The van der Waals surface area contributed by atoms with Crippen molar-refractivity contribution in [3.8, 4) is 0 Å². The minimum absolute atomic E-state index is 0.0381. The molecule has 1 aromatic heterocycles. The third-order valence-electron chi connectivity index (χ3n) is 1.86. The van der Waals surface area contributed by atoms with E-state index < -0.39 is 5.97 Å². The fraction of sp³-hybridized carbons (Fsp3) is 0.200. The molecule has 0 bridgehead atoms. The molecule has 1 aromatic rings. The van der Waals surface area contributed by atoms with Gasteiger partial charge < -0.3 is 5.11 Å². The largest absolute Gasteiger partial charge is 0.478 e. The molecule has 0 saturated carbocycles. The molecule has 0 aliphatic carbocycles. The van der Waals surface area contributed by atoms with Gasteiger partial charge in [-0.3, -0.25) is 0 Å². The number of aromatic nitrogens is 1. The quantitative estimate of drug-likeness (QED) is 0.286. The first-order valence-corrected chi connectivity index (χ1v) is 5.09. The summed E-state index contributed by atoms with van der Waals surface area (Å²) >= 11 is 5.62. The van der Waals surface area contributed by atoms with Crippen LogP contribution in [0.15, 0.2) is 23.5 Å². The number of carboxylic acids is 1. The van der Waals surface area contributed by atoms with Crippen molar-refractivity contribution in [2.45, 2.75) is 6.42 Å². The number of rotatable bonds is 5. The molecule has 1 rings (SSSR count). The van der Waals surface area contributed by atoms with Gasteiger partial charge in [0.05, 0.1) is 5.56 Å². The molecule has 0 fully saturated rings. The van der Waals surface area contributed by atoms with Gasteiger partial charge >= 0.3 is 5.97 Å². The summed E-state index contributed by atoms with van der Waals surface area (Å²) in [5, 5.41) is 12.2. The molecule has 0 saturated heterocycles. The minimum atomic E-state index is -1.12.